The van der Waals surface area contributed by atoms with Crippen molar-refractivity contribution in [2.75, 3.05) is 0 Å². The Kier molecular flexibility index (Phi) is 6.48. The zero-order valence-electron chi connectivity index (χ0n) is 16.8. The topological polar surface area (TPSA) is 144 Å². The molecular formula is C19H29N4O4P. The molecule has 9 heteroatoms. The number of amides is 4. The summed E-state index contributed by atoms with van der Waals surface area (Å²) < 4.78 is 13.3. The summed E-state index contributed by atoms with van der Waals surface area (Å²) >= 11 is 0. The second-order valence-electron chi connectivity index (χ2n) is 7.02. The summed E-state index contributed by atoms with van der Waals surface area (Å²) in [7, 11) is -4.02. The molecule has 6 N–H and O–H groups in total. The number of aryl methyl sites for hydroxylation is 1. The van der Waals surface area contributed by atoms with E-state index in [9.17, 15) is 18.9 Å². The molecule has 0 aromatic heterocycles. The Labute approximate surface area is 165 Å². The van der Waals surface area contributed by atoms with Gasteiger partial charge in [-0.1, -0.05) is 39.8 Å². The van der Waals surface area contributed by atoms with E-state index in [1.165, 1.54) is 0 Å². The van der Waals surface area contributed by atoms with Gasteiger partial charge >= 0.3 is 6.03 Å². The lowest BCUT2D eigenvalue weighted by Gasteiger charge is -2.43. The Bertz CT molecular complexity index is 844. The molecule has 1 aromatic rings. The van der Waals surface area contributed by atoms with Gasteiger partial charge in [-0.05, 0) is 47.9 Å². The van der Waals surface area contributed by atoms with Crippen LogP contribution >= 0.6 is 7.44 Å². The van der Waals surface area contributed by atoms with Crippen LogP contribution in [0, 0.1) is 5.92 Å². The first-order valence-electron chi connectivity index (χ1n) is 9.55. The highest BCUT2D eigenvalue weighted by Gasteiger charge is 2.58. The van der Waals surface area contributed by atoms with Crippen molar-refractivity contribution in [1.82, 2.24) is 10.6 Å². The highest BCUT2D eigenvalue weighted by molar-refractivity contribution is 7.60. The SMILES string of the molecule is CCc1ccc(C(CC)(C2C(=O)NC(=O)NC2=O)P(N)(N)=O)c(CC)c1CC. The van der Waals surface area contributed by atoms with Crippen LogP contribution in [0.25, 0.3) is 0 Å². The van der Waals surface area contributed by atoms with Crippen molar-refractivity contribution >= 4 is 25.3 Å². The zero-order valence-corrected chi connectivity index (χ0v) is 17.7. The van der Waals surface area contributed by atoms with Crippen molar-refractivity contribution in [2.24, 2.45) is 16.9 Å². The molecule has 154 valence electrons. The van der Waals surface area contributed by atoms with Gasteiger partial charge in [-0.3, -0.25) is 35.8 Å². The lowest BCUT2D eigenvalue weighted by atomic mass is 9.76. The highest BCUT2D eigenvalue weighted by Crippen LogP contribution is 2.60. The first-order valence-corrected chi connectivity index (χ1v) is 11.4. The number of urea groups is 1. The number of carbonyl (C=O) groups is 3. The molecule has 1 atom stereocenters. The number of benzene rings is 1. The molecule has 1 aromatic carbocycles. The first kappa shape index (κ1) is 22.3. The van der Waals surface area contributed by atoms with E-state index in [-0.39, 0.29) is 6.42 Å². The van der Waals surface area contributed by atoms with E-state index in [4.69, 9.17) is 11.0 Å². The van der Waals surface area contributed by atoms with E-state index in [2.05, 4.69) is 10.6 Å². The van der Waals surface area contributed by atoms with Crippen LogP contribution in [-0.4, -0.2) is 17.8 Å². The van der Waals surface area contributed by atoms with Gasteiger partial charge in [0.05, 0.1) is 5.16 Å². The van der Waals surface area contributed by atoms with E-state index in [1.807, 2.05) is 26.8 Å². The number of rotatable bonds is 7. The quantitative estimate of drug-likeness (QED) is 0.401. The Morgan fingerprint density at radius 1 is 0.929 bits per heavy atom. The van der Waals surface area contributed by atoms with Crippen molar-refractivity contribution in [3.63, 3.8) is 0 Å². The summed E-state index contributed by atoms with van der Waals surface area (Å²) in [4.78, 5) is 36.9. The first-order chi connectivity index (χ1) is 13.1. The summed E-state index contributed by atoms with van der Waals surface area (Å²) in [5.41, 5.74) is 15.7. The third kappa shape index (κ3) is 3.41. The van der Waals surface area contributed by atoms with E-state index < -0.39 is 36.4 Å². The van der Waals surface area contributed by atoms with Crippen LogP contribution in [0.15, 0.2) is 12.1 Å². The van der Waals surface area contributed by atoms with Crippen LogP contribution in [-0.2, 0) is 38.6 Å². The molecule has 0 bridgehead atoms. The monoisotopic (exact) mass is 408 g/mol. The molecule has 4 amide bonds. The summed E-state index contributed by atoms with van der Waals surface area (Å²) in [6.45, 7) is 7.72. The molecule has 1 saturated heterocycles. The lowest BCUT2D eigenvalue weighted by molar-refractivity contribution is -0.137. The van der Waals surface area contributed by atoms with Crippen LogP contribution < -0.4 is 21.6 Å². The molecule has 1 heterocycles. The van der Waals surface area contributed by atoms with Crippen molar-refractivity contribution < 1.29 is 18.9 Å². The summed E-state index contributed by atoms with van der Waals surface area (Å²) in [5, 5.41) is 2.55. The third-order valence-corrected chi connectivity index (χ3v) is 7.78. The lowest BCUT2D eigenvalue weighted by Crippen LogP contribution is -2.62. The molecular weight excluding hydrogens is 379 g/mol. The zero-order chi connectivity index (χ0) is 21.3. The average molecular weight is 408 g/mol. The minimum atomic E-state index is -4.02. The number of nitrogens with one attached hydrogen (secondary N) is 2. The molecule has 2 rings (SSSR count). The van der Waals surface area contributed by atoms with E-state index >= 15 is 0 Å². The van der Waals surface area contributed by atoms with Crippen molar-refractivity contribution in [3.05, 3.63) is 34.4 Å². The molecule has 0 saturated carbocycles. The fourth-order valence-electron chi connectivity index (χ4n) is 4.46. The molecule has 0 radical (unpaired) electrons. The van der Waals surface area contributed by atoms with Crippen molar-refractivity contribution in [3.8, 4) is 0 Å². The van der Waals surface area contributed by atoms with Gasteiger partial charge in [-0.25, -0.2) is 4.79 Å². The predicted molar refractivity (Wildman–Crippen MR) is 108 cm³/mol. The smallest absolute Gasteiger partial charge is 0.289 e. The Morgan fingerprint density at radius 2 is 1.46 bits per heavy atom. The largest absolute Gasteiger partial charge is 0.328 e. The fourth-order valence-corrected chi connectivity index (χ4v) is 6.18. The number of carbonyl (C=O) groups excluding carboxylic acids is 3. The second-order valence-corrected chi connectivity index (χ2v) is 9.23. The normalized spacial score (nSPS) is 17.9. The summed E-state index contributed by atoms with van der Waals surface area (Å²) in [6, 6.07) is 2.78. The fraction of sp³-hybridized carbons (Fsp3) is 0.526. The minimum absolute atomic E-state index is 0.0958. The van der Waals surface area contributed by atoms with E-state index in [1.54, 1.807) is 13.0 Å². The number of nitrogens with two attached hydrogens (primary N) is 2. The number of hydrogen-bond acceptors (Lipinski definition) is 4. The van der Waals surface area contributed by atoms with Crippen LogP contribution in [0.5, 0.6) is 0 Å². The molecule has 1 aliphatic heterocycles. The standard InChI is InChI=1S/C19H29N4O4P/c1-5-11-9-10-14(13(7-3)12(11)6-2)19(8-4,28(20,21)27)15-16(24)22-18(26)23-17(15)25/h9-10,15H,5-8H2,1-4H3,(H4,20,21,27)(H2,22,23,24,25,26). The molecule has 28 heavy (non-hydrogen) atoms. The molecule has 0 aliphatic carbocycles. The van der Waals surface area contributed by atoms with Gasteiger partial charge in [0.1, 0.15) is 5.92 Å². The molecule has 1 unspecified atom stereocenters. The summed E-state index contributed by atoms with van der Waals surface area (Å²) in [6.07, 6.45) is 2.25. The molecule has 1 aliphatic rings. The maximum absolute atomic E-state index is 13.3. The maximum Gasteiger partial charge on any atom is 0.328 e. The van der Waals surface area contributed by atoms with Gasteiger partial charge in [0.25, 0.3) is 0 Å². The van der Waals surface area contributed by atoms with Crippen molar-refractivity contribution in [2.45, 2.75) is 58.5 Å². The number of barbiturate groups is 1. The number of hydrogen-bond donors (Lipinski definition) is 4. The van der Waals surface area contributed by atoms with Gasteiger partial charge in [0.15, 0.2) is 0 Å². The van der Waals surface area contributed by atoms with Gasteiger partial charge in [0, 0.05) is 0 Å². The Morgan fingerprint density at radius 3 is 1.86 bits per heavy atom. The Balaban J connectivity index is 2.90. The predicted octanol–water partition coefficient (Wildman–Crippen LogP) is 2.07. The van der Waals surface area contributed by atoms with Crippen LogP contribution in [0.2, 0.25) is 0 Å². The summed E-state index contributed by atoms with van der Waals surface area (Å²) in [5.74, 6) is -3.16. The van der Waals surface area contributed by atoms with Crippen LogP contribution in [0.4, 0.5) is 4.79 Å². The Hall–Kier alpha value is -2.02. The van der Waals surface area contributed by atoms with Crippen LogP contribution in [0.3, 0.4) is 0 Å². The van der Waals surface area contributed by atoms with Gasteiger partial charge < -0.3 is 0 Å². The molecule has 1 fully saturated rings. The molecule has 0 spiro atoms. The van der Waals surface area contributed by atoms with Crippen molar-refractivity contribution in [1.29, 1.82) is 0 Å². The number of imide groups is 2. The van der Waals surface area contributed by atoms with Crippen LogP contribution in [0.1, 0.15) is 56.4 Å². The minimum Gasteiger partial charge on any atom is -0.289 e. The van der Waals surface area contributed by atoms with E-state index in [0.29, 0.717) is 12.0 Å². The average Bonchev–Trinajstić information content (AvgIpc) is 2.62. The third-order valence-electron chi connectivity index (χ3n) is 5.72. The second kappa shape index (κ2) is 8.15. The van der Waals surface area contributed by atoms with Gasteiger partial charge in [0.2, 0.25) is 19.3 Å². The van der Waals surface area contributed by atoms with Gasteiger partial charge in [-0.15, -0.1) is 0 Å². The highest BCUT2D eigenvalue weighted by atomic mass is 31.2. The van der Waals surface area contributed by atoms with Gasteiger partial charge in [-0.2, -0.15) is 0 Å². The maximum atomic E-state index is 13.3. The van der Waals surface area contributed by atoms with E-state index in [0.717, 1.165) is 29.5 Å². The molecule has 8 nitrogen and oxygen atoms in total.